The van der Waals surface area contributed by atoms with Crippen molar-refractivity contribution in [2.75, 3.05) is 37.5 Å². The van der Waals surface area contributed by atoms with E-state index in [0.29, 0.717) is 11.9 Å². The van der Waals surface area contributed by atoms with Gasteiger partial charge in [-0.3, -0.25) is 19.3 Å². The number of rotatable bonds is 7. The van der Waals surface area contributed by atoms with Gasteiger partial charge in [-0.1, -0.05) is 13.8 Å². The molecule has 0 aliphatic carbocycles. The van der Waals surface area contributed by atoms with Gasteiger partial charge in [-0.2, -0.15) is 13.5 Å². The summed E-state index contributed by atoms with van der Waals surface area (Å²) in [7, 11) is -3.67. The van der Waals surface area contributed by atoms with Crippen molar-refractivity contribution >= 4 is 49.8 Å². The van der Waals surface area contributed by atoms with Gasteiger partial charge in [0, 0.05) is 28.8 Å². The number of nitro benzene ring substituents is 1. The van der Waals surface area contributed by atoms with Gasteiger partial charge < -0.3 is 10.2 Å². The second-order valence-electron chi connectivity index (χ2n) is 7.48. The van der Waals surface area contributed by atoms with E-state index < -0.39 is 10.1 Å². The zero-order chi connectivity index (χ0) is 24.3. The molecular formula is C21H27N5O5S2. The number of benzene rings is 2. The molecule has 10 nitrogen and oxygen atoms in total. The Morgan fingerprint density at radius 3 is 2.48 bits per heavy atom. The number of fused-ring (bicyclic) bond motifs is 2. The molecule has 3 aromatic rings. The van der Waals surface area contributed by atoms with Crippen LogP contribution < -0.4 is 5.32 Å². The van der Waals surface area contributed by atoms with Crippen molar-refractivity contribution in [3.63, 3.8) is 0 Å². The van der Waals surface area contributed by atoms with Crippen LogP contribution in [0.1, 0.15) is 13.8 Å². The third kappa shape index (κ3) is 5.64. The highest BCUT2D eigenvalue weighted by Gasteiger charge is 2.29. The van der Waals surface area contributed by atoms with Gasteiger partial charge in [-0.15, -0.1) is 11.8 Å². The van der Waals surface area contributed by atoms with E-state index in [1.165, 1.54) is 0 Å². The van der Waals surface area contributed by atoms with E-state index in [1.807, 2.05) is 29.1 Å². The van der Waals surface area contributed by atoms with E-state index in [-0.39, 0.29) is 10.6 Å². The summed E-state index contributed by atoms with van der Waals surface area (Å²) in [6.07, 6.45) is 2.75. The first kappa shape index (κ1) is 25.0. The summed E-state index contributed by atoms with van der Waals surface area (Å²) < 4.78 is 27.9. The summed E-state index contributed by atoms with van der Waals surface area (Å²) in [5, 5.41) is 20.6. The molecule has 0 saturated carbocycles. The molecule has 4 rings (SSSR count). The lowest BCUT2D eigenvalue weighted by Gasteiger charge is -2.18. The molecule has 12 heteroatoms. The molecule has 0 amide bonds. The van der Waals surface area contributed by atoms with E-state index in [9.17, 15) is 18.5 Å². The molecule has 2 heterocycles. The largest absolute Gasteiger partial charge is 0.349 e. The van der Waals surface area contributed by atoms with Crippen molar-refractivity contribution in [2.45, 2.75) is 25.3 Å². The number of nitro groups is 1. The standard InChI is InChI=1S/C20H23N5O2S.CH4O3S/c1-4-23(5-2)10-11-24-16-8-9-17(25(26)27)20-18(16)19(22-24)14-12-13(28-3)6-7-15(14)21-20;1-5(2,3)4/h6-9,12,21H,4-5,10-11H2,1-3H3;1H3,(H,2,3,4). The fourth-order valence-electron chi connectivity index (χ4n) is 3.76. The minimum absolute atomic E-state index is 0.0802. The summed E-state index contributed by atoms with van der Waals surface area (Å²) in [6, 6.07) is 9.49. The van der Waals surface area contributed by atoms with Gasteiger partial charge in [0.25, 0.3) is 15.8 Å². The van der Waals surface area contributed by atoms with Crippen molar-refractivity contribution in [1.82, 2.24) is 14.7 Å². The monoisotopic (exact) mass is 493 g/mol. The molecule has 0 spiro atoms. The first-order valence-corrected chi connectivity index (χ1v) is 13.4. The number of anilines is 2. The Bertz CT molecular complexity index is 1280. The van der Waals surface area contributed by atoms with Crippen LogP contribution in [0.3, 0.4) is 0 Å². The van der Waals surface area contributed by atoms with Gasteiger partial charge in [-0.25, -0.2) is 0 Å². The first-order chi connectivity index (χ1) is 15.6. The molecule has 178 valence electrons. The fraction of sp³-hybridized carbons (Fsp3) is 0.381. The lowest BCUT2D eigenvalue weighted by Crippen LogP contribution is -2.27. The van der Waals surface area contributed by atoms with Gasteiger partial charge in [0.15, 0.2) is 0 Å². The van der Waals surface area contributed by atoms with Gasteiger partial charge in [0.05, 0.1) is 28.6 Å². The quantitative estimate of drug-likeness (QED) is 0.168. The average molecular weight is 494 g/mol. The predicted octanol–water partition coefficient (Wildman–Crippen LogP) is 4.24. The Labute approximate surface area is 196 Å². The third-order valence-electron chi connectivity index (χ3n) is 5.36. The highest BCUT2D eigenvalue weighted by atomic mass is 32.2. The number of hydrogen-bond donors (Lipinski definition) is 2. The van der Waals surface area contributed by atoms with E-state index in [0.717, 1.165) is 58.9 Å². The molecule has 1 aliphatic rings. The Hall–Kier alpha value is -2.67. The number of nitrogens with zero attached hydrogens (tertiary/aromatic N) is 4. The Morgan fingerprint density at radius 2 is 1.91 bits per heavy atom. The van der Waals surface area contributed by atoms with E-state index >= 15 is 0 Å². The number of nitrogens with one attached hydrogen (secondary N) is 1. The maximum atomic E-state index is 11.6. The number of hydrogen-bond acceptors (Lipinski definition) is 8. The molecule has 1 aromatic heterocycles. The van der Waals surface area contributed by atoms with Crippen molar-refractivity contribution < 1.29 is 17.9 Å². The van der Waals surface area contributed by atoms with Crippen molar-refractivity contribution in [3.8, 4) is 11.3 Å². The van der Waals surface area contributed by atoms with Crippen molar-refractivity contribution in [2.24, 2.45) is 0 Å². The van der Waals surface area contributed by atoms with Crippen LogP contribution >= 0.6 is 11.8 Å². The van der Waals surface area contributed by atoms with Crippen LogP contribution in [0.2, 0.25) is 0 Å². The lowest BCUT2D eigenvalue weighted by molar-refractivity contribution is -0.383. The second kappa shape index (κ2) is 10.1. The highest BCUT2D eigenvalue weighted by molar-refractivity contribution is 7.98. The normalized spacial score (nSPS) is 12.2. The summed E-state index contributed by atoms with van der Waals surface area (Å²) >= 11 is 1.67. The summed E-state index contributed by atoms with van der Waals surface area (Å²) in [4.78, 5) is 14.8. The van der Waals surface area contributed by atoms with Crippen LogP contribution in [0.15, 0.2) is 35.2 Å². The molecule has 0 bridgehead atoms. The lowest BCUT2D eigenvalue weighted by atomic mass is 9.99. The second-order valence-corrected chi connectivity index (χ2v) is 9.82. The Kier molecular flexibility index (Phi) is 7.62. The van der Waals surface area contributed by atoms with Crippen LogP contribution in [0.4, 0.5) is 17.1 Å². The zero-order valence-corrected chi connectivity index (χ0v) is 20.5. The zero-order valence-electron chi connectivity index (χ0n) is 18.9. The summed E-state index contributed by atoms with van der Waals surface area (Å²) in [5.41, 5.74) is 4.21. The van der Waals surface area contributed by atoms with Gasteiger partial charge in [0.2, 0.25) is 0 Å². The SMILES string of the molecule is CCN(CC)CCn1nc2c3c(c([N+](=O)[O-])ccc31)Nc1ccc(SC)cc1-2.CS(=O)(=O)O. The highest BCUT2D eigenvalue weighted by Crippen LogP contribution is 2.47. The number of aromatic nitrogens is 2. The molecule has 2 N–H and O–H groups in total. The summed E-state index contributed by atoms with van der Waals surface area (Å²) in [6.45, 7) is 7.90. The molecule has 2 aromatic carbocycles. The molecule has 0 saturated heterocycles. The molecule has 0 radical (unpaired) electrons. The minimum Gasteiger partial charge on any atom is -0.349 e. The Balaban J connectivity index is 0.000000555. The van der Waals surface area contributed by atoms with Gasteiger partial charge >= 0.3 is 0 Å². The van der Waals surface area contributed by atoms with E-state index in [4.69, 9.17) is 9.65 Å². The van der Waals surface area contributed by atoms with E-state index in [1.54, 1.807) is 17.8 Å². The molecule has 0 atom stereocenters. The number of thioether (sulfide) groups is 1. The Morgan fingerprint density at radius 1 is 1.24 bits per heavy atom. The maximum absolute atomic E-state index is 11.6. The molecule has 0 unspecified atom stereocenters. The van der Waals surface area contributed by atoms with Crippen LogP contribution in [0, 0.1) is 10.1 Å². The van der Waals surface area contributed by atoms with Gasteiger partial charge in [0.1, 0.15) is 11.4 Å². The molecule has 33 heavy (non-hydrogen) atoms. The average Bonchev–Trinajstić information content (AvgIpc) is 3.13. The van der Waals surface area contributed by atoms with Crippen LogP contribution in [0.5, 0.6) is 0 Å². The molecule has 0 fully saturated rings. The van der Waals surface area contributed by atoms with E-state index in [2.05, 4.69) is 30.1 Å². The summed E-state index contributed by atoms with van der Waals surface area (Å²) in [5.74, 6) is 0. The van der Waals surface area contributed by atoms with Crippen molar-refractivity contribution in [3.05, 3.63) is 40.4 Å². The maximum Gasteiger partial charge on any atom is 0.293 e. The molecular weight excluding hydrogens is 466 g/mol. The first-order valence-electron chi connectivity index (χ1n) is 10.4. The van der Waals surface area contributed by atoms with Gasteiger partial charge in [-0.05, 0) is 43.6 Å². The van der Waals surface area contributed by atoms with Crippen molar-refractivity contribution in [1.29, 1.82) is 0 Å². The predicted molar refractivity (Wildman–Crippen MR) is 132 cm³/mol. The van der Waals surface area contributed by atoms with Crippen LogP contribution in [-0.4, -0.2) is 64.7 Å². The topological polar surface area (TPSA) is 131 Å². The number of likely N-dealkylation sites (N-methyl/N-ethyl adjacent to an activating group) is 1. The van der Waals surface area contributed by atoms with Crippen LogP contribution in [-0.2, 0) is 16.7 Å². The van der Waals surface area contributed by atoms with Crippen LogP contribution in [0.25, 0.3) is 22.2 Å². The fourth-order valence-corrected chi connectivity index (χ4v) is 4.20. The minimum atomic E-state index is -3.67. The third-order valence-corrected chi connectivity index (χ3v) is 6.08. The smallest absolute Gasteiger partial charge is 0.293 e. The molecule has 1 aliphatic heterocycles.